The van der Waals surface area contributed by atoms with Crippen LogP contribution in [0.1, 0.15) is 25.6 Å². The molecule has 1 aliphatic rings. The van der Waals surface area contributed by atoms with E-state index in [2.05, 4.69) is 21.8 Å². The fourth-order valence-corrected chi connectivity index (χ4v) is 2.04. The average molecular weight is 207 g/mol. The van der Waals surface area contributed by atoms with Crippen LogP contribution in [0.2, 0.25) is 0 Å². The minimum absolute atomic E-state index is 0.0861. The van der Waals surface area contributed by atoms with E-state index in [-0.39, 0.29) is 6.61 Å². The van der Waals surface area contributed by atoms with E-state index >= 15 is 0 Å². The van der Waals surface area contributed by atoms with Gasteiger partial charge in [-0.2, -0.15) is 0 Å². The van der Waals surface area contributed by atoms with Crippen molar-refractivity contribution in [2.45, 2.75) is 26.4 Å². The van der Waals surface area contributed by atoms with Gasteiger partial charge in [0, 0.05) is 19.3 Å². The molecule has 1 atom stereocenters. The molecule has 1 saturated heterocycles. The fourth-order valence-electron chi connectivity index (χ4n) is 2.04. The van der Waals surface area contributed by atoms with Crippen LogP contribution in [0.25, 0.3) is 0 Å². The van der Waals surface area contributed by atoms with E-state index in [1.54, 1.807) is 6.20 Å². The van der Waals surface area contributed by atoms with Crippen molar-refractivity contribution in [1.82, 2.24) is 9.97 Å². The summed E-state index contributed by atoms with van der Waals surface area (Å²) < 4.78 is 0. The summed E-state index contributed by atoms with van der Waals surface area (Å²) in [5.74, 6) is 2.18. The van der Waals surface area contributed by atoms with Gasteiger partial charge in [-0.15, -0.1) is 0 Å². The van der Waals surface area contributed by atoms with Crippen LogP contribution in [0.15, 0.2) is 12.3 Å². The summed E-state index contributed by atoms with van der Waals surface area (Å²) in [6.07, 6.45) is 4.24. The van der Waals surface area contributed by atoms with Gasteiger partial charge in [0.05, 0.1) is 0 Å². The first-order valence-corrected chi connectivity index (χ1v) is 5.47. The lowest BCUT2D eigenvalue weighted by molar-refractivity contribution is 0.271. The van der Waals surface area contributed by atoms with E-state index in [0.29, 0.717) is 5.82 Å². The largest absolute Gasteiger partial charge is 0.388 e. The zero-order valence-corrected chi connectivity index (χ0v) is 9.06. The van der Waals surface area contributed by atoms with Gasteiger partial charge in [-0.1, -0.05) is 6.92 Å². The third-order valence-corrected chi connectivity index (χ3v) is 2.81. The molecule has 2 rings (SSSR count). The Balaban J connectivity index is 2.13. The number of hydrogen-bond acceptors (Lipinski definition) is 4. The maximum atomic E-state index is 8.97. The molecule has 0 saturated carbocycles. The molecule has 1 aromatic rings. The second kappa shape index (κ2) is 4.57. The third-order valence-electron chi connectivity index (χ3n) is 2.81. The van der Waals surface area contributed by atoms with Crippen molar-refractivity contribution in [2.75, 3.05) is 18.0 Å². The molecule has 1 fully saturated rings. The summed E-state index contributed by atoms with van der Waals surface area (Å²) in [6, 6.07) is 1.91. The van der Waals surface area contributed by atoms with Crippen molar-refractivity contribution in [3.63, 3.8) is 0 Å². The highest BCUT2D eigenvalue weighted by Crippen LogP contribution is 2.20. The lowest BCUT2D eigenvalue weighted by Gasteiger charge is -2.31. The Hall–Kier alpha value is -1.16. The highest BCUT2D eigenvalue weighted by molar-refractivity contribution is 5.37. The van der Waals surface area contributed by atoms with Crippen molar-refractivity contribution >= 4 is 5.82 Å². The van der Waals surface area contributed by atoms with Crippen molar-refractivity contribution in [3.8, 4) is 0 Å². The van der Waals surface area contributed by atoms with E-state index in [1.165, 1.54) is 12.8 Å². The Labute approximate surface area is 90.0 Å². The predicted molar refractivity (Wildman–Crippen MR) is 58.6 cm³/mol. The zero-order chi connectivity index (χ0) is 10.7. The summed E-state index contributed by atoms with van der Waals surface area (Å²) in [6.45, 7) is 4.30. The summed E-state index contributed by atoms with van der Waals surface area (Å²) >= 11 is 0. The van der Waals surface area contributed by atoms with Gasteiger partial charge in [-0.05, 0) is 24.8 Å². The molecular weight excluding hydrogens is 190 g/mol. The number of aliphatic hydroxyl groups is 1. The summed E-state index contributed by atoms with van der Waals surface area (Å²) in [5.41, 5.74) is 0. The minimum Gasteiger partial charge on any atom is -0.388 e. The molecule has 0 bridgehead atoms. The number of rotatable bonds is 2. The standard InChI is InChI=1S/C11H17N3O/c1-9-3-2-6-14(7-9)11-4-5-12-10(8-15)13-11/h4-5,9,15H,2-3,6-8H2,1H3. The van der Waals surface area contributed by atoms with Gasteiger partial charge in [0.2, 0.25) is 0 Å². The highest BCUT2D eigenvalue weighted by atomic mass is 16.3. The molecule has 4 nitrogen and oxygen atoms in total. The Morgan fingerprint density at radius 1 is 1.60 bits per heavy atom. The first-order valence-electron chi connectivity index (χ1n) is 5.47. The normalized spacial score (nSPS) is 21.7. The lowest BCUT2D eigenvalue weighted by atomic mass is 10.0. The molecule has 1 aromatic heterocycles. The molecule has 0 aromatic carbocycles. The Bertz CT molecular complexity index is 329. The predicted octanol–water partition coefficient (Wildman–Crippen LogP) is 1.21. The number of aliphatic hydroxyl groups excluding tert-OH is 1. The molecule has 1 N–H and O–H groups in total. The monoisotopic (exact) mass is 207 g/mol. The van der Waals surface area contributed by atoms with Crippen LogP contribution >= 0.6 is 0 Å². The first-order chi connectivity index (χ1) is 7.29. The number of hydrogen-bond donors (Lipinski definition) is 1. The molecule has 82 valence electrons. The van der Waals surface area contributed by atoms with Crippen molar-refractivity contribution in [1.29, 1.82) is 0 Å². The SMILES string of the molecule is CC1CCCN(c2ccnc(CO)n2)C1. The Morgan fingerprint density at radius 3 is 3.20 bits per heavy atom. The van der Waals surface area contributed by atoms with E-state index in [0.717, 1.165) is 24.8 Å². The number of piperidine rings is 1. The number of aromatic nitrogens is 2. The van der Waals surface area contributed by atoms with Crippen LogP contribution in [-0.4, -0.2) is 28.2 Å². The van der Waals surface area contributed by atoms with Crippen molar-refractivity contribution in [2.24, 2.45) is 5.92 Å². The van der Waals surface area contributed by atoms with Gasteiger partial charge in [0.15, 0.2) is 5.82 Å². The van der Waals surface area contributed by atoms with E-state index in [4.69, 9.17) is 5.11 Å². The van der Waals surface area contributed by atoms with E-state index in [1.807, 2.05) is 6.07 Å². The van der Waals surface area contributed by atoms with Gasteiger partial charge >= 0.3 is 0 Å². The van der Waals surface area contributed by atoms with E-state index in [9.17, 15) is 0 Å². The molecule has 4 heteroatoms. The van der Waals surface area contributed by atoms with Crippen LogP contribution in [0.3, 0.4) is 0 Å². The Morgan fingerprint density at radius 2 is 2.47 bits per heavy atom. The second-order valence-electron chi connectivity index (χ2n) is 4.18. The summed E-state index contributed by atoms with van der Waals surface area (Å²) in [5, 5.41) is 8.97. The van der Waals surface area contributed by atoms with Gasteiger partial charge in [-0.25, -0.2) is 9.97 Å². The van der Waals surface area contributed by atoms with E-state index < -0.39 is 0 Å². The first kappa shape index (κ1) is 10.4. The number of anilines is 1. The van der Waals surface area contributed by atoms with Crippen LogP contribution < -0.4 is 4.90 Å². The van der Waals surface area contributed by atoms with Crippen LogP contribution in [0, 0.1) is 5.92 Å². The molecular formula is C11H17N3O. The van der Waals surface area contributed by atoms with Gasteiger partial charge < -0.3 is 10.0 Å². The molecule has 15 heavy (non-hydrogen) atoms. The topological polar surface area (TPSA) is 49.2 Å². The molecule has 0 spiro atoms. The van der Waals surface area contributed by atoms with Crippen molar-refractivity contribution < 1.29 is 5.11 Å². The Kier molecular flexibility index (Phi) is 3.16. The number of nitrogens with zero attached hydrogens (tertiary/aromatic N) is 3. The maximum absolute atomic E-state index is 8.97. The maximum Gasteiger partial charge on any atom is 0.156 e. The van der Waals surface area contributed by atoms with Gasteiger partial charge in [-0.3, -0.25) is 0 Å². The smallest absolute Gasteiger partial charge is 0.156 e. The summed E-state index contributed by atoms with van der Waals surface area (Å²) in [7, 11) is 0. The van der Waals surface area contributed by atoms with Crippen LogP contribution in [0.4, 0.5) is 5.82 Å². The fraction of sp³-hybridized carbons (Fsp3) is 0.636. The quantitative estimate of drug-likeness (QED) is 0.791. The third kappa shape index (κ3) is 2.45. The molecule has 0 amide bonds. The molecule has 0 aliphatic carbocycles. The van der Waals surface area contributed by atoms with Crippen LogP contribution in [-0.2, 0) is 6.61 Å². The zero-order valence-electron chi connectivity index (χ0n) is 9.06. The lowest BCUT2D eigenvalue weighted by Crippen LogP contribution is -2.34. The van der Waals surface area contributed by atoms with Crippen molar-refractivity contribution in [3.05, 3.63) is 18.1 Å². The van der Waals surface area contributed by atoms with Gasteiger partial charge in [0.1, 0.15) is 12.4 Å². The molecule has 0 radical (unpaired) electrons. The highest BCUT2D eigenvalue weighted by Gasteiger charge is 2.17. The minimum atomic E-state index is -0.0861. The average Bonchev–Trinajstić information content (AvgIpc) is 2.29. The second-order valence-corrected chi connectivity index (χ2v) is 4.18. The molecule has 2 heterocycles. The van der Waals surface area contributed by atoms with Gasteiger partial charge in [0.25, 0.3) is 0 Å². The summed E-state index contributed by atoms with van der Waals surface area (Å²) in [4.78, 5) is 10.6. The molecule has 1 aliphatic heterocycles. The van der Waals surface area contributed by atoms with Crippen LogP contribution in [0.5, 0.6) is 0 Å². The molecule has 1 unspecified atom stereocenters.